The summed E-state index contributed by atoms with van der Waals surface area (Å²) in [4.78, 5) is 41.6. The second-order valence-electron chi connectivity index (χ2n) is 10.1. The van der Waals surface area contributed by atoms with Crippen molar-refractivity contribution in [2.24, 2.45) is 11.0 Å². The number of aromatic nitrogens is 2. The van der Waals surface area contributed by atoms with E-state index >= 15 is 0 Å². The van der Waals surface area contributed by atoms with Gasteiger partial charge in [0.25, 0.3) is 5.56 Å². The predicted octanol–water partition coefficient (Wildman–Crippen LogP) is 3.13. The molecule has 2 fully saturated rings. The summed E-state index contributed by atoms with van der Waals surface area (Å²) in [7, 11) is -4.42. The van der Waals surface area contributed by atoms with Crippen molar-refractivity contribution >= 4 is 13.7 Å². The van der Waals surface area contributed by atoms with E-state index in [1.165, 1.54) is 32.2 Å². The highest BCUT2D eigenvalue weighted by molar-refractivity contribution is 7.52. The minimum atomic E-state index is -4.42. The van der Waals surface area contributed by atoms with Crippen LogP contribution < -0.4 is 20.9 Å². The molecule has 1 aliphatic heterocycles. The Morgan fingerprint density at radius 2 is 2.00 bits per heavy atom. The topological polar surface area (TPSA) is 207 Å². The van der Waals surface area contributed by atoms with Crippen LogP contribution in [0.2, 0.25) is 0 Å². The Bertz CT molecular complexity index is 1420. The van der Waals surface area contributed by atoms with Gasteiger partial charge < -0.3 is 19.1 Å². The third-order valence-corrected chi connectivity index (χ3v) is 8.65. The zero-order valence-electron chi connectivity index (χ0n) is 22.6. The molecule has 1 aromatic heterocycles. The number of aliphatic hydroxyl groups is 1. The van der Waals surface area contributed by atoms with E-state index in [1.807, 2.05) is 0 Å². The molecule has 41 heavy (non-hydrogen) atoms. The molecule has 0 spiro atoms. The van der Waals surface area contributed by atoms with Crippen LogP contribution in [0.15, 0.2) is 57.3 Å². The Morgan fingerprint density at radius 1 is 1.29 bits per heavy atom. The fraction of sp³-hybridized carbons (Fsp3) is 0.560. The number of aliphatic hydroxyl groups excluding tert-OH is 1. The Morgan fingerprint density at radius 3 is 2.66 bits per heavy atom. The molecule has 3 N–H and O–H groups in total. The van der Waals surface area contributed by atoms with Crippen LogP contribution in [0.5, 0.6) is 5.75 Å². The molecular weight excluding hydrogens is 559 g/mol. The van der Waals surface area contributed by atoms with E-state index in [2.05, 4.69) is 20.1 Å². The number of hydrogen-bond acceptors (Lipinski definition) is 10. The lowest BCUT2D eigenvalue weighted by atomic mass is 9.98. The molecule has 2 aromatic rings. The zero-order valence-corrected chi connectivity index (χ0v) is 23.5. The first-order chi connectivity index (χ1) is 19.6. The highest BCUT2D eigenvalue weighted by Gasteiger charge is 2.55. The Kier molecular flexibility index (Phi) is 9.69. The fourth-order valence-electron chi connectivity index (χ4n) is 4.82. The molecule has 4 rings (SSSR count). The maximum atomic E-state index is 14.0. The van der Waals surface area contributed by atoms with Gasteiger partial charge >= 0.3 is 19.4 Å². The smallest absolute Gasteiger partial charge is 0.459 e. The number of carbonyl (C=O) groups is 1. The van der Waals surface area contributed by atoms with E-state index in [1.54, 1.807) is 18.2 Å². The summed E-state index contributed by atoms with van der Waals surface area (Å²) in [5, 5.41) is 17.3. The summed E-state index contributed by atoms with van der Waals surface area (Å²) in [6.45, 7) is 2.18. The van der Waals surface area contributed by atoms with E-state index in [0.717, 1.165) is 42.7 Å². The summed E-state index contributed by atoms with van der Waals surface area (Å²) in [5.74, 6) is -1.35. The first kappa shape index (κ1) is 30.5. The van der Waals surface area contributed by atoms with Gasteiger partial charge in [-0.25, -0.2) is 9.36 Å². The van der Waals surface area contributed by atoms with Crippen molar-refractivity contribution in [2.75, 3.05) is 6.61 Å². The van der Waals surface area contributed by atoms with E-state index in [0.29, 0.717) is 0 Å². The molecule has 2 heterocycles. The summed E-state index contributed by atoms with van der Waals surface area (Å²) in [5.41, 5.74) is 5.69. The highest BCUT2D eigenvalue weighted by atomic mass is 31.2. The van der Waals surface area contributed by atoms with Crippen molar-refractivity contribution < 1.29 is 33.0 Å². The minimum Gasteiger partial charge on any atom is -0.461 e. The first-order valence-corrected chi connectivity index (χ1v) is 14.8. The number of nitrogens with zero attached hydrogens (tertiary/aromatic N) is 4. The number of benzene rings is 1. The largest absolute Gasteiger partial charge is 0.461 e. The molecule has 0 bridgehead atoms. The second kappa shape index (κ2) is 13.0. The van der Waals surface area contributed by atoms with E-state index in [9.17, 15) is 29.6 Å². The van der Waals surface area contributed by atoms with Gasteiger partial charge in [0.1, 0.15) is 24.1 Å². The standard InChI is InChI=1S/C25H33N6O9P/c1-16-21(33)25(29-30-26,39-22(16)31-14-13-20(32)27-24(31)35)15-37-41(36,40-19-11-7-4-8-12-19)28-17(2)23(34)38-18-9-5-3-6-10-18/h4,7-8,11-14,16-18,21-22,33H,3,5-6,9-10,15H2,1-2H3,(H,28,36)(H,27,32,35)/t16-,17-,21-,22+,25+,41?/m1/s1. The first-order valence-electron chi connectivity index (χ1n) is 13.3. The number of azide groups is 1. The quantitative estimate of drug-likeness (QED) is 0.114. The molecule has 6 atom stereocenters. The van der Waals surface area contributed by atoms with Crippen LogP contribution in [0.1, 0.15) is 52.2 Å². The maximum Gasteiger partial charge on any atom is 0.459 e. The molecule has 1 aromatic carbocycles. The Balaban J connectivity index is 1.56. The molecule has 1 unspecified atom stereocenters. The molecule has 1 aliphatic carbocycles. The van der Waals surface area contributed by atoms with Crippen LogP contribution in [0.4, 0.5) is 0 Å². The third-order valence-electron chi connectivity index (χ3n) is 7.02. The number of rotatable bonds is 11. The number of H-pyrrole nitrogens is 1. The van der Waals surface area contributed by atoms with Gasteiger partial charge in [-0.2, -0.15) is 5.09 Å². The number of hydrogen-bond donors (Lipinski definition) is 3. The summed E-state index contributed by atoms with van der Waals surface area (Å²) < 4.78 is 37.8. The van der Waals surface area contributed by atoms with E-state index in [4.69, 9.17) is 18.5 Å². The molecule has 15 nitrogen and oxygen atoms in total. The fourth-order valence-corrected chi connectivity index (χ4v) is 6.34. The SMILES string of the molecule is C[C@@H]1[C@@H](O)[C@@](COP(=O)(N[C@H](C)C(=O)OC2CCCCC2)Oc2ccccc2)(N=[N+]=[N-])O[C@@H]1n1ccc(=O)[nH]c1=O. The van der Waals surface area contributed by atoms with Gasteiger partial charge in [-0.15, -0.1) is 0 Å². The number of esters is 1. The normalized spacial score (nSPS) is 26.9. The molecule has 1 saturated heterocycles. The highest BCUT2D eigenvalue weighted by Crippen LogP contribution is 2.49. The van der Waals surface area contributed by atoms with Gasteiger partial charge in [-0.3, -0.25) is 23.7 Å². The third kappa shape index (κ3) is 7.25. The maximum absolute atomic E-state index is 14.0. The van der Waals surface area contributed by atoms with Gasteiger partial charge in [0.15, 0.2) is 5.72 Å². The second-order valence-corrected chi connectivity index (χ2v) is 11.8. The molecule has 1 saturated carbocycles. The van der Waals surface area contributed by atoms with Crippen molar-refractivity contribution in [3.05, 3.63) is 73.9 Å². The van der Waals surface area contributed by atoms with Crippen LogP contribution in [-0.2, 0) is 23.4 Å². The Labute approximate surface area is 235 Å². The van der Waals surface area contributed by atoms with Gasteiger partial charge in [-0.1, -0.05) is 36.7 Å². The lowest BCUT2D eigenvalue weighted by Gasteiger charge is -2.30. The van der Waals surface area contributed by atoms with Gasteiger partial charge in [0, 0.05) is 23.1 Å². The average Bonchev–Trinajstić information content (AvgIpc) is 3.18. The van der Waals surface area contributed by atoms with Crippen molar-refractivity contribution in [3.63, 3.8) is 0 Å². The number of aromatic amines is 1. The van der Waals surface area contributed by atoms with E-state index < -0.39 is 61.6 Å². The lowest BCUT2D eigenvalue weighted by molar-refractivity contribution is -0.152. The van der Waals surface area contributed by atoms with Crippen molar-refractivity contribution in [1.82, 2.24) is 14.6 Å². The van der Waals surface area contributed by atoms with Crippen LogP contribution >= 0.6 is 7.75 Å². The van der Waals surface area contributed by atoms with Crippen LogP contribution in [0, 0.1) is 5.92 Å². The molecule has 222 valence electrons. The minimum absolute atomic E-state index is 0.146. The van der Waals surface area contributed by atoms with Crippen molar-refractivity contribution in [3.8, 4) is 5.75 Å². The van der Waals surface area contributed by atoms with Gasteiger partial charge in [0.2, 0.25) is 0 Å². The van der Waals surface area contributed by atoms with E-state index in [-0.39, 0.29) is 11.9 Å². The molecule has 16 heteroatoms. The molecule has 2 aliphatic rings. The number of carbonyl (C=O) groups excluding carboxylic acids is 1. The predicted molar refractivity (Wildman–Crippen MR) is 145 cm³/mol. The van der Waals surface area contributed by atoms with Gasteiger partial charge in [-0.05, 0) is 50.3 Å². The van der Waals surface area contributed by atoms with Crippen LogP contribution in [-0.4, -0.2) is 51.2 Å². The summed E-state index contributed by atoms with van der Waals surface area (Å²) >= 11 is 0. The van der Waals surface area contributed by atoms with Crippen molar-refractivity contribution in [2.45, 2.75) is 76.2 Å². The lowest BCUT2D eigenvalue weighted by Crippen LogP contribution is -2.44. The summed E-state index contributed by atoms with van der Waals surface area (Å²) in [6.07, 6.45) is 2.68. The average molecular weight is 593 g/mol. The van der Waals surface area contributed by atoms with Crippen LogP contribution in [0.3, 0.4) is 0 Å². The van der Waals surface area contributed by atoms with Crippen molar-refractivity contribution in [1.29, 1.82) is 0 Å². The van der Waals surface area contributed by atoms with Gasteiger partial charge in [0.05, 0.1) is 12.7 Å². The molecule has 0 radical (unpaired) electrons. The number of para-hydroxylation sites is 1. The molecular formula is C25H33N6O9P. The molecule has 0 amide bonds. The number of nitrogens with one attached hydrogen (secondary N) is 2. The number of ether oxygens (including phenoxy) is 2. The van der Waals surface area contributed by atoms with Crippen LogP contribution in [0.25, 0.3) is 10.4 Å². The zero-order chi connectivity index (χ0) is 29.6. The monoisotopic (exact) mass is 592 g/mol. The summed E-state index contributed by atoms with van der Waals surface area (Å²) in [6, 6.07) is 8.01. The Hall–Kier alpha value is -3.45.